The van der Waals surface area contributed by atoms with Crippen LogP contribution in [0.4, 0.5) is 0 Å². The number of ether oxygens (including phenoxy) is 1. The van der Waals surface area contributed by atoms with E-state index in [2.05, 4.69) is 19.9 Å². The lowest BCUT2D eigenvalue weighted by molar-refractivity contribution is -0.141. The fraction of sp³-hybridized carbons (Fsp3) is 0.400. The van der Waals surface area contributed by atoms with Crippen LogP contribution in [-0.4, -0.2) is 5.97 Å². The third-order valence-corrected chi connectivity index (χ3v) is 4.10. The van der Waals surface area contributed by atoms with Gasteiger partial charge < -0.3 is 4.74 Å². The summed E-state index contributed by atoms with van der Waals surface area (Å²) in [6.45, 7) is 4.30. The van der Waals surface area contributed by atoms with Gasteiger partial charge in [-0.15, -0.1) is 0 Å². The SMILES string of the molecule is CC1=C(C)C[C@H]2c3ccccc3OC(=O)[C@@H]2C1. The van der Waals surface area contributed by atoms with Crippen LogP contribution in [-0.2, 0) is 4.79 Å². The van der Waals surface area contributed by atoms with Crippen LogP contribution in [0.1, 0.15) is 38.2 Å². The molecule has 1 heterocycles. The molecule has 2 nitrogen and oxygen atoms in total. The van der Waals surface area contributed by atoms with Gasteiger partial charge >= 0.3 is 5.97 Å². The van der Waals surface area contributed by atoms with Crippen LogP contribution >= 0.6 is 0 Å². The molecule has 0 amide bonds. The van der Waals surface area contributed by atoms with Gasteiger partial charge in [0.2, 0.25) is 0 Å². The Morgan fingerprint density at radius 1 is 1.06 bits per heavy atom. The van der Waals surface area contributed by atoms with Crippen molar-refractivity contribution >= 4 is 5.97 Å². The highest BCUT2D eigenvalue weighted by Gasteiger charge is 2.39. The fourth-order valence-electron chi connectivity index (χ4n) is 2.93. The first-order valence-corrected chi connectivity index (χ1v) is 6.12. The number of carbonyl (C=O) groups excluding carboxylic acids is 1. The van der Waals surface area contributed by atoms with Crippen LogP contribution in [0.25, 0.3) is 0 Å². The number of para-hydroxylation sites is 1. The van der Waals surface area contributed by atoms with Gasteiger partial charge in [0.25, 0.3) is 0 Å². The summed E-state index contributed by atoms with van der Waals surface area (Å²) in [6.07, 6.45) is 1.84. The monoisotopic (exact) mass is 228 g/mol. The number of hydrogen-bond acceptors (Lipinski definition) is 2. The van der Waals surface area contributed by atoms with E-state index in [-0.39, 0.29) is 11.9 Å². The molecule has 0 N–H and O–H groups in total. The van der Waals surface area contributed by atoms with E-state index in [1.54, 1.807) is 0 Å². The van der Waals surface area contributed by atoms with E-state index < -0.39 is 0 Å². The van der Waals surface area contributed by atoms with Gasteiger partial charge in [-0.25, -0.2) is 0 Å². The normalized spacial score (nSPS) is 27.3. The molecule has 2 heteroatoms. The van der Waals surface area contributed by atoms with Crippen molar-refractivity contribution in [2.24, 2.45) is 5.92 Å². The molecular weight excluding hydrogens is 212 g/mol. The van der Waals surface area contributed by atoms with Crippen molar-refractivity contribution in [2.75, 3.05) is 0 Å². The maximum absolute atomic E-state index is 12.0. The highest BCUT2D eigenvalue weighted by Crippen LogP contribution is 2.46. The van der Waals surface area contributed by atoms with Gasteiger partial charge in [0.15, 0.2) is 0 Å². The van der Waals surface area contributed by atoms with Crippen molar-refractivity contribution in [3.05, 3.63) is 41.0 Å². The molecule has 0 saturated heterocycles. The predicted octanol–water partition coefficient (Wildman–Crippen LogP) is 3.44. The number of esters is 1. The maximum Gasteiger partial charge on any atom is 0.315 e. The molecule has 3 rings (SSSR count). The van der Waals surface area contributed by atoms with Crippen LogP contribution in [0.2, 0.25) is 0 Å². The Labute approximate surface area is 101 Å². The lowest BCUT2D eigenvalue weighted by Crippen LogP contribution is -2.34. The lowest BCUT2D eigenvalue weighted by Gasteiger charge is -2.36. The molecular formula is C15H16O2. The van der Waals surface area contributed by atoms with Gasteiger partial charge in [-0.1, -0.05) is 29.3 Å². The van der Waals surface area contributed by atoms with E-state index in [9.17, 15) is 4.79 Å². The van der Waals surface area contributed by atoms with Gasteiger partial charge in [0, 0.05) is 5.92 Å². The Morgan fingerprint density at radius 3 is 2.47 bits per heavy atom. The van der Waals surface area contributed by atoms with Gasteiger partial charge in [0.05, 0.1) is 5.92 Å². The average molecular weight is 228 g/mol. The van der Waals surface area contributed by atoms with Crippen LogP contribution in [0.5, 0.6) is 5.75 Å². The quantitative estimate of drug-likeness (QED) is 0.386. The molecule has 0 aromatic heterocycles. The molecule has 0 bridgehead atoms. The largest absolute Gasteiger partial charge is 0.426 e. The van der Waals surface area contributed by atoms with Gasteiger partial charge in [0.1, 0.15) is 5.75 Å². The topological polar surface area (TPSA) is 26.3 Å². The predicted molar refractivity (Wildman–Crippen MR) is 65.9 cm³/mol. The summed E-state index contributed by atoms with van der Waals surface area (Å²) in [4.78, 5) is 12.0. The van der Waals surface area contributed by atoms with Crippen molar-refractivity contribution in [1.29, 1.82) is 0 Å². The molecule has 0 radical (unpaired) electrons. The molecule has 0 fully saturated rings. The Morgan fingerprint density at radius 2 is 1.71 bits per heavy atom. The minimum Gasteiger partial charge on any atom is -0.426 e. The summed E-state index contributed by atoms with van der Waals surface area (Å²) in [5.41, 5.74) is 3.97. The summed E-state index contributed by atoms with van der Waals surface area (Å²) >= 11 is 0. The van der Waals surface area contributed by atoms with Crippen molar-refractivity contribution in [3.63, 3.8) is 0 Å². The van der Waals surface area contributed by atoms with E-state index in [1.165, 1.54) is 16.7 Å². The third kappa shape index (κ3) is 1.59. The van der Waals surface area contributed by atoms with E-state index in [0.29, 0.717) is 5.92 Å². The average Bonchev–Trinajstić information content (AvgIpc) is 2.32. The lowest BCUT2D eigenvalue weighted by atomic mass is 9.72. The standard InChI is InChI=1S/C15H16O2/c1-9-7-12-11-5-3-4-6-14(11)17-15(16)13(12)8-10(9)2/h3-6,12-13H,7-8H2,1-2H3/t12-,13+/m0/s1. The molecule has 17 heavy (non-hydrogen) atoms. The first-order chi connectivity index (χ1) is 8.16. The molecule has 1 aromatic rings. The maximum atomic E-state index is 12.0. The molecule has 0 spiro atoms. The molecule has 0 unspecified atom stereocenters. The van der Waals surface area contributed by atoms with E-state index in [0.717, 1.165) is 18.6 Å². The van der Waals surface area contributed by atoms with Crippen molar-refractivity contribution in [2.45, 2.75) is 32.6 Å². The van der Waals surface area contributed by atoms with Crippen LogP contribution in [0.3, 0.4) is 0 Å². The zero-order valence-electron chi connectivity index (χ0n) is 10.2. The van der Waals surface area contributed by atoms with Crippen LogP contribution in [0, 0.1) is 5.92 Å². The first kappa shape index (κ1) is 10.6. The highest BCUT2D eigenvalue weighted by atomic mass is 16.5. The Bertz CT molecular complexity index is 513. The number of fused-ring (bicyclic) bond motifs is 3. The molecule has 88 valence electrons. The van der Waals surface area contributed by atoms with Crippen LogP contribution < -0.4 is 4.74 Å². The molecule has 0 saturated carbocycles. The molecule has 2 atom stereocenters. The second-order valence-electron chi connectivity index (χ2n) is 5.14. The zero-order chi connectivity index (χ0) is 12.0. The number of carbonyl (C=O) groups is 1. The summed E-state index contributed by atoms with van der Waals surface area (Å²) in [7, 11) is 0. The molecule has 1 aliphatic carbocycles. The summed E-state index contributed by atoms with van der Waals surface area (Å²) in [6, 6.07) is 7.93. The van der Waals surface area contributed by atoms with E-state index in [1.807, 2.05) is 18.2 Å². The van der Waals surface area contributed by atoms with Gasteiger partial charge in [-0.05, 0) is 38.3 Å². The van der Waals surface area contributed by atoms with E-state index >= 15 is 0 Å². The fourth-order valence-corrected chi connectivity index (χ4v) is 2.93. The van der Waals surface area contributed by atoms with Gasteiger partial charge in [-0.3, -0.25) is 4.79 Å². The van der Waals surface area contributed by atoms with Gasteiger partial charge in [-0.2, -0.15) is 0 Å². The number of hydrogen-bond donors (Lipinski definition) is 0. The minimum absolute atomic E-state index is 0.0219. The molecule has 1 aliphatic heterocycles. The Balaban J connectivity index is 2.08. The Hall–Kier alpha value is -1.57. The molecule has 2 aliphatic rings. The highest BCUT2D eigenvalue weighted by molar-refractivity contribution is 5.80. The van der Waals surface area contributed by atoms with Crippen molar-refractivity contribution in [1.82, 2.24) is 0 Å². The molecule has 1 aromatic carbocycles. The number of benzene rings is 1. The Kier molecular flexibility index (Phi) is 2.32. The summed E-state index contributed by atoms with van der Waals surface area (Å²) < 4.78 is 5.42. The third-order valence-electron chi connectivity index (χ3n) is 4.10. The van der Waals surface area contributed by atoms with Crippen molar-refractivity contribution < 1.29 is 9.53 Å². The second-order valence-corrected chi connectivity index (χ2v) is 5.14. The number of rotatable bonds is 0. The smallest absolute Gasteiger partial charge is 0.315 e. The van der Waals surface area contributed by atoms with Crippen molar-refractivity contribution in [3.8, 4) is 5.75 Å². The minimum atomic E-state index is -0.0550. The number of allylic oxidation sites excluding steroid dienone is 2. The van der Waals surface area contributed by atoms with Crippen LogP contribution in [0.15, 0.2) is 35.4 Å². The second kappa shape index (κ2) is 3.73. The summed E-state index contributed by atoms with van der Waals surface area (Å²) in [5, 5.41) is 0. The zero-order valence-corrected chi connectivity index (χ0v) is 10.2. The first-order valence-electron chi connectivity index (χ1n) is 6.12. The van der Waals surface area contributed by atoms with E-state index in [4.69, 9.17) is 4.74 Å². The summed E-state index contributed by atoms with van der Waals surface area (Å²) in [5.74, 6) is 1.04.